The van der Waals surface area contributed by atoms with Crippen molar-refractivity contribution in [3.63, 3.8) is 0 Å². The Bertz CT molecular complexity index is 737. The van der Waals surface area contributed by atoms with Gasteiger partial charge in [0.25, 0.3) is 0 Å². The molecule has 1 aliphatic rings. The lowest BCUT2D eigenvalue weighted by molar-refractivity contribution is 0.222. The number of hydrogen-bond donors (Lipinski definition) is 2. The molecule has 0 radical (unpaired) electrons. The first-order valence-electron chi connectivity index (χ1n) is 8.26. The zero-order chi connectivity index (χ0) is 17.8. The van der Waals surface area contributed by atoms with E-state index >= 15 is 0 Å². The second-order valence-corrected chi connectivity index (χ2v) is 7.36. The van der Waals surface area contributed by atoms with E-state index in [2.05, 4.69) is 25.5 Å². The fraction of sp³-hybridized carbons (Fsp3) is 0.471. The molecule has 1 fully saturated rings. The maximum absolute atomic E-state index is 13.9. The van der Waals surface area contributed by atoms with Gasteiger partial charge in [-0.2, -0.15) is 0 Å². The zero-order valence-electron chi connectivity index (χ0n) is 14.3. The summed E-state index contributed by atoms with van der Waals surface area (Å²) in [6, 6.07) is 1.43. The monoisotopic (exact) mass is 363 g/mol. The van der Waals surface area contributed by atoms with Gasteiger partial charge in [0.2, 0.25) is 0 Å². The number of carbonyl (C=O) groups excluding carboxylic acids is 1. The van der Waals surface area contributed by atoms with Crippen LogP contribution in [-0.2, 0) is 6.54 Å². The van der Waals surface area contributed by atoms with Crippen LogP contribution in [0.25, 0.3) is 0 Å². The topological polar surface area (TPSA) is 70.2 Å². The SMILES string of the molecule is Cc1nc(CN2C[C@@H](F)C[C@H]2CNC(=O)Nc2ccncc2C)cs1. The van der Waals surface area contributed by atoms with Gasteiger partial charge in [-0.25, -0.2) is 14.2 Å². The second-order valence-electron chi connectivity index (χ2n) is 6.30. The van der Waals surface area contributed by atoms with Crippen LogP contribution in [0.5, 0.6) is 0 Å². The molecule has 8 heteroatoms. The van der Waals surface area contributed by atoms with Gasteiger partial charge >= 0.3 is 6.03 Å². The summed E-state index contributed by atoms with van der Waals surface area (Å²) in [7, 11) is 0. The summed E-state index contributed by atoms with van der Waals surface area (Å²) in [5.41, 5.74) is 2.57. The number of alkyl halides is 1. The smallest absolute Gasteiger partial charge is 0.319 e. The number of anilines is 1. The highest BCUT2D eigenvalue weighted by Crippen LogP contribution is 2.23. The number of carbonyl (C=O) groups is 1. The van der Waals surface area contributed by atoms with Crippen molar-refractivity contribution in [1.82, 2.24) is 20.2 Å². The Morgan fingerprint density at radius 3 is 3.04 bits per heavy atom. The van der Waals surface area contributed by atoms with Gasteiger partial charge < -0.3 is 10.6 Å². The molecule has 2 atom stereocenters. The van der Waals surface area contributed by atoms with Gasteiger partial charge in [-0.15, -0.1) is 11.3 Å². The van der Waals surface area contributed by atoms with Crippen LogP contribution in [0.4, 0.5) is 14.9 Å². The quantitative estimate of drug-likeness (QED) is 0.857. The Hall–Kier alpha value is -2.06. The average Bonchev–Trinajstić information content (AvgIpc) is 3.13. The van der Waals surface area contributed by atoms with E-state index in [4.69, 9.17) is 0 Å². The van der Waals surface area contributed by atoms with Gasteiger partial charge in [0.1, 0.15) is 6.17 Å². The standard InChI is InChI=1S/C17H22FN5OS/c1-11-6-19-4-3-16(11)22-17(24)20-7-15-5-13(18)8-23(15)9-14-10-25-12(2)21-14/h3-4,6,10,13,15H,5,7-9H2,1-2H3,(H2,19,20,22,24)/t13-,15-/m0/s1. The number of rotatable bonds is 5. The number of aryl methyl sites for hydroxylation is 2. The fourth-order valence-electron chi connectivity index (χ4n) is 3.01. The molecule has 3 rings (SSSR count). The first-order chi connectivity index (χ1) is 12.0. The highest BCUT2D eigenvalue weighted by atomic mass is 32.1. The lowest BCUT2D eigenvalue weighted by atomic mass is 10.2. The van der Waals surface area contributed by atoms with Crippen LogP contribution in [-0.4, -0.2) is 46.2 Å². The third kappa shape index (κ3) is 4.73. The number of aromatic nitrogens is 2. The highest BCUT2D eigenvalue weighted by Gasteiger charge is 2.32. The molecule has 0 saturated carbocycles. The molecule has 0 spiro atoms. The van der Waals surface area contributed by atoms with E-state index in [1.807, 2.05) is 19.2 Å². The largest absolute Gasteiger partial charge is 0.336 e. The number of hydrogen-bond acceptors (Lipinski definition) is 5. The van der Waals surface area contributed by atoms with Crippen molar-refractivity contribution >= 4 is 23.1 Å². The first kappa shape index (κ1) is 17.8. The molecule has 0 aromatic carbocycles. The van der Waals surface area contributed by atoms with E-state index in [0.717, 1.165) is 22.0 Å². The normalized spacial score (nSPS) is 20.6. The second kappa shape index (κ2) is 7.88. The van der Waals surface area contributed by atoms with E-state index in [0.29, 0.717) is 26.1 Å². The number of nitrogens with one attached hydrogen (secondary N) is 2. The van der Waals surface area contributed by atoms with Gasteiger partial charge in [-0.05, 0) is 31.9 Å². The molecule has 6 nitrogen and oxygen atoms in total. The van der Waals surface area contributed by atoms with Crippen LogP contribution in [0.1, 0.15) is 22.7 Å². The number of amides is 2. The van der Waals surface area contributed by atoms with Crippen molar-refractivity contribution in [2.24, 2.45) is 0 Å². The third-order valence-corrected chi connectivity index (χ3v) is 5.10. The van der Waals surface area contributed by atoms with E-state index in [9.17, 15) is 9.18 Å². The summed E-state index contributed by atoms with van der Waals surface area (Å²) in [5, 5.41) is 8.66. The fourth-order valence-corrected chi connectivity index (χ4v) is 3.61. The van der Waals surface area contributed by atoms with E-state index in [1.54, 1.807) is 29.8 Å². The lowest BCUT2D eigenvalue weighted by Crippen LogP contribution is -2.41. The number of urea groups is 1. The molecule has 2 aromatic rings. The summed E-state index contributed by atoms with van der Waals surface area (Å²) >= 11 is 1.59. The Morgan fingerprint density at radius 1 is 1.48 bits per heavy atom. The maximum Gasteiger partial charge on any atom is 0.319 e. The average molecular weight is 363 g/mol. The lowest BCUT2D eigenvalue weighted by Gasteiger charge is -2.23. The van der Waals surface area contributed by atoms with Gasteiger partial charge in [0, 0.05) is 49.1 Å². The van der Waals surface area contributed by atoms with Crippen LogP contribution in [0.3, 0.4) is 0 Å². The van der Waals surface area contributed by atoms with E-state index in [1.165, 1.54) is 0 Å². The minimum absolute atomic E-state index is 0.0266. The predicted octanol–water partition coefficient (Wildman–Crippen LogP) is 2.89. The molecule has 1 saturated heterocycles. The predicted molar refractivity (Wildman–Crippen MR) is 96.6 cm³/mol. The van der Waals surface area contributed by atoms with Gasteiger partial charge in [-0.1, -0.05) is 0 Å². The minimum atomic E-state index is -0.864. The van der Waals surface area contributed by atoms with Crippen molar-refractivity contribution in [3.8, 4) is 0 Å². The van der Waals surface area contributed by atoms with Crippen molar-refractivity contribution in [2.75, 3.05) is 18.4 Å². The molecule has 3 heterocycles. The molecule has 0 unspecified atom stereocenters. The molecule has 2 aromatic heterocycles. The summed E-state index contributed by atoms with van der Waals surface area (Å²) in [6.45, 7) is 5.24. The first-order valence-corrected chi connectivity index (χ1v) is 9.14. The van der Waals surface area contributed by atoms with Crippen molar-refractivity contribution in [2.45, 2.75) is 39.0 Å². The van der Waals surface area contributed by atoms with E-state index in [-0.39, 0.29) is 12.1 Å². The summed E-state index contributed by atoms with van der Waals surface area (Å²) < 4.78 is 13.9. The maximum atomic E-state index is 13.9. The molecule has 2 amide bonds. The van der Waals surface area contributed by atoms with Crippen LogP contribution in [0, 0.1) is 13.8 Å². The molecular weight excluding hydrogens is 341 g/mol. The molecule has 0 bridgehead atoms. The zero-order valence-corrected chi connectivity index (χ0v) is 15.1. The van der Waals surface area contributed by atoms with Crippen molar-refractivity contribution in [3.05, 3.63) is 40.1 Å². The van der Waals surface area contributed by atoms with Gasteiger partial charge in [0.05, 0.1) is 10.7 Å². The number of pyridine rings is 1. The molecule has 0 aliphatic carbocycles. The van der Waals surface area contributed by atoms with Crippen LogP contribution in [0.15, 0.2) is 23.8 Å². The van der Waals surface area contributed by atoms with Gasteiger partial charge in [0.15, 0.2) is 0 Å². The van der Waals surface area contributed by atoms with Crippen molar-refractivity contribution in [1.29, 1.82) is 0 Å². The summed E-state index contributed by atoms with van der Waals surface area (Å²) in [5.74, 6) is 0. The number of halogens is 1. The van der Waals surface area contributed by atoms with Crippen LogP contribution in [0.2, 0.25) is 0 Å². The molecule has 1 aliphatic heterocycles. The van der Waals surface area contributed by atoms with Crippen LogP contribution < -0.4 is 10.6 Å². The summed E-state index contributed by atoms with van der Waals surface area (Å²) in [4.78, 5) is 22.6. The Morgan fingerprint density at radius 2 is 2.32 bits per heavy atom. The Kier molecular flexibility index (Phi) is 5.60. The van der Waals surface area contributed by atoms with Gasteiger partial charge in [-0.3, -0.25) is 9.88 Å². The Labute approximate surface area is 150 Å². The van der Waals surface area contributed by atoms with Crippen molar-refractivity contribution < 1.29 is 9.18 Å². The summed E-state index contributed by atoms with van der Waals surface area (Å²) in [6.07, 6.45) is 2.89. The molecule has 25 heavy (non-hydrogen) atoms. The third-order valence-electron chi connectivity index (χ3n) is 4.28. The molecule has 2 N–H and O–H groups in total. The number of likely N-dealkylation sites (tertiary alicyclic amines) is 1. The Balaban J connectivity index is 1.53. The number of nitrogens with zero attached hydrogens (tertiary/aromatic N) is 3. The minimum Gasteiger partial charge on any atom is -0.336 e. The molecule has 134 valence electrons. The van der Waals surface area contributed by atoms with E-state index < -0.39 is 6.17 Å². The van der Waals surface area contributed by atoms with Crippen LogP contribution >= 0.6 is 11.3 Å². The molecular formula is C17H22FN5OS. The number of thiazole rings is 1. The highest BCUT2D eigenvalue weighted by molar-refractivity contribution is 7.09.